The molecular formula is C23H32F3N3O4. The van der Waals surface area contributed by atoms with Crippen LogP contribution >= 0.6 is 0 Å². The topological polar surface area (TPSA) is 75.1 Å². The lowest BCUT2D eigenvalue weighted by Gasteiger charge is -2.42. The highest BCUT2D eigenvalue weighted by atomic mass is 19.4. The van der Waals surface area contributed by atoms with Gasteiger partial charge in [-0.15, -0.1) is 0 Å². The zero-order valence-electron chi connectivity index (χ0n) is 18.9. The van der Waals surface area contributed by atoms with Gasteiger partial charge in [-0.25, -0.2) is 0 Å². The Kier molecular flexibility index (Phi) is 7.57. The third-order valence-electron chi connectivity index (χ3n) is 7.26. The molecule has 4 atom stereocenters. The zero-order chi connectivity index (χ0) is 23.6. The number of carbonyl (C=O) groups excluding carboxylic acids is 1. The fraction of sp³-hybridized carbons (Fsp3) is 0.739. The molecule has 0 radical (unpaired) electrons. The first-order chi connectivity index (χ1) is 15.8. The number of carbonyl (C=O) groups is 1. The average molecular weight is 472 g/mol. The summed E-state index contributed by atoms with van der Waals surface area (Å²) in [6.45, 7) is 2.33. The number of aromatic nitrogens is 1. The summed E-state index contributed by atoms with van der Waals surface area (Å²) in [5, 5.41) is 9.66. The molecule has 1 amide bonds. The van der Waals surface area contributed by atoms with Crippen LogP contribution in [0.5, 0.6) is 0 Å². The molecular weight excluding hydrogens is 439 g/mol. The largest absolute Gasteiger partial charge is 0.417 e. The number of alkyl halides is 3. The van der Waals surface area contributed by atoms with Gasteiger partial charge in [-0.05, 0) is 37.3 Å². The summed E-state index contributed by atoms with van der Waals surface area (Å²) in [7, 11) is 1.66. The van der Waals surface area contributed by atoms with Crippen molar-refractivity contribution >= 4 is 5.91 Å². The molecule has 0 spiro atoms. The van der Waals surface area contributed by atoms with Gasteiger partial charge >= 0.3 is 6.18 Å². The van der Waals surface area contributed by atoms with E-state index < -0.39 is 11.7 Å². The molecule has 1 aromatic heterocycles. The van der Waals surface area contributed by atoms with Gasteiger partial charge < -0.3 is 19.5 Å². The number of ether oxygens (including phenoxy) is 2. The minimum absolute atomic E-state index is 0.000204. The van der Waals surface area contributed by atoms with Crippen molar-refractivity contribution in [3.63, 3.8) is 0 Å². The molecule has 3 unspecified atom stereocenters. The highest BCUT2D eigenvalue weighted by molar-refractivity contribution is 5.79. The number of aliphatic hydroxyl groups excluding tert-OH is 1. The van der Waals surface area contributed by atoms with Gasteiger partial charge in [0.25, 0.3) is 0 Å². The van der Waals surface area contributed by atoms with Crippen LogP contribution < -0.4 is 0 Å². The summed E-state index contributed by atoms with van der Waals surface area (Å²) >= 11 is 0. The second kappa shape index (κ2) is 10.2. The van der Waals surface area contributed by atoms with E-state index in [1.54, 1.807) is 12.0 Å². The molecule has 1 aromatic rings. The summed E-state index contributed by atoms with van der Waals surface area (Å²) in [5.74, 6) is -0.169. The summed E-state index contributed by atoms with van der Waals surface area (Å²) in [6.07, 6.45) is -0.130. The fourth-order valence-electron chi connectivity index (χ4n) is 5.55. The van der Waals surface area contributed by atoms with E-state index in [0.717, 1.165) is 31.5 Å². The van der Waals surface area contributed by atoms with Crippen molar-refractivity contribution in [3.8, 4) is 0 Å². The lowest BCUT2D eigenvalue weighted by atomic mass is 9.98. The van der Waals surface area contributed by atoms with Crippen molar-refractivity contribution in [2.75, 3.05) is 40.0 Å². The Morgan fingerprint density at radius 1 is 1.36 bits per heavy atom. The number of hydrogen-bond donors (Lipinski definition) is 1. The van der Waals surface area contributed by atoms with Crippen LogP contribution in [0.1, 0.15) is 42.5 Å². The Labute approximate surface area is 191 Å². The second-order valence-electron chi connectivity index (χ2n) is 9.17. The molecule has 7 nitrogen and oxygen atoms in total. The number of halogens is 3. The third kappa shape index (κ3) is 5.34. The van der Waals surface area contributed by atoms with Crippen LogP contribution in [0.2, 0.25) is 0 Å². The number of hydrogen-bond acceptors (Lipinski definition) is 6. The van der Waals surface area contributed by atoms with E-state index in [0.29, 0.717) is 50.4 Å². The molecule has 2 aliphatic heterocycles. The smallest absolute Gasteiger partial charge is 0.395 e. The maximum atomic E-state index is 13.3. The molecule has 3 aliphatic rings. The van der Waals surface area contributed by atoms with Crippen molar-refractivity contribution in [1.82, 2.24) is 14.8 Å². The van der Waals surface area contributed by atoms with Crippen molar-refractivity contribution < 1.29 is 32.5 Å². The summed E-state index contributed by atoms with van der Waals surface area (Å²) in [5.41, 5.74) is 0.335. The highest BCUT2D eigenvalue weighted by Crippen LogP contribution is 2.35. The van der Waals surface area contributed by atoms with Crippen LogP contribution in [-0.2, 0) is 33.4 Å². The van der Waals surface area contributed by atoms with Crippen molar-refractivity contribution in [3.05, 3.63) is 29.1 Å². The summed E-state index contributed by atoms with van der Waals surface area (Å²) in [4.78, 5) is 21.2. The Hall–Kier alpha value is -1.75. The van der Waals surface area contributed by atoms with Crippen molar-refractivity contribution in [2.45, 2.75) is 63.0 Å². The van der Waals surface area contributed by atoms with Crippen LogP contribution in [0.4, 0.5) is 13.2 Å². The highest BCUT2D eigenvalue weighted by Gasteiger charge is 2.41. The van der Waals surface area contributed by atoms with E-state index in [1.807, 2.05) is 0 Å². The quantitative estimate of drug-likeness (QED) is 0.686. The SMILES string of the molecule is COC1COCCC1N(CCO)C1CC[C@H](C(=O)N2CCc3ncc(C(F)(F)F)cc3C2)C1. The van der Waals surface area contributed by atoms with E-state index in [9.17, 15) is 23.1 Å². The molecule has 184 valence electrons. The van der Waals surface area contributed by atoms with E-state index in [2.05, 4.69) is 9.88 Å². The maximum Gasteiger partial charge on any atom is 0.417 e. The molecule has 10 heteroatoms. The van der Waals surface area contributed by atoms with Crippen LogP contribution in [0.15, 0.2) is 12.3 Å². The molecule has 1 saturated heterocycles. The van der Waals surface area contributed by atoms with Crippen molar-refractivity contribution in [1.29, 1.82) is 0 Å². The van der Waals surface area contributed by atoms with Gasteiger partial charge in [-0.1, -0.05) is 0 Å². The van der Waals surface area contributed by atoms with Gasteiger partial charge in [0.1, 0.15) is 0 Å². The van der Waals surface area contributed by atoms with Gasteiger partial charge in [0, 0.05) is 69.7 Å². The number of rotatable bonds is 6. The normalized spacial score (nSPS) is 28.2. The first-order valence-electron chi connectivity index (χ1n) is 11.6. The van der Waals surface area contributed by atoms with E-state index in [4.69, 9.17) is 9.47 Å². The van der Waals surface area contributed by atoms with Gasteiger partial charge in [0.05, 0.1) is 24.9 Å². The summed E-state index contributed by atoms with van der Waals surface area (Å²) < 4.78 is 50.4. The molecule has 2 fully saturated rings. The lowest BCUT2D eigenvalue weighted by Crippen LogP contribution is -2.54. The molecule has 3 heterocycles. The number of nitrogens with zero attached hydrogens (tertiary/aromatic N) is 3. The Morgan fingerprint density at radius 2 is 2.18 bits per heavy atom. The molecule has 4 rings (SSSR count). The average Bonchev–Trinajstić information content (AvgIpc) is 3.30. The maximum absolute atomic E-state index is 13.3. The third-order valence-corrected chi connectivity index (χ3v) is 7.26. The standard InChI is InChI=1S/C23H32F3N3O4/c1-32-21-14-33-9-5-20(21)29(7-8-30)18-3-2-15(11-18)22(31)28-6-4-19-16(13-28)10-17(12-27-19)23(24,25)26/h10,12,15,18,20-21,30H,2-9,11,13-14H2,1H3/t15-,18?,20?,21?/m0/s1. The zero-order valence-corrected chi connectivity index (χ0v) is 18.9. The minimum atomic E-state index is -4.45. The molecule has 0 bridgehead atoms. The van der Waals surface area contributed by atoms with Crippen LogP contribution in [0.25, 0.3) is 0 Å². The Morgan fingerprint density at radius 3 is 2.91 bits per heavy atom. The monoisotopic (exact) mass is 471 g/mol. The Balaban J connectivity index is 1.42. The van der Waals surface area contributed by atoms with Crippen LogP contribution in [0, 0.1) is 5.92 Å². The van der Waals surface area contributed by atoms with Gasteiger partial charge in [0.15, 0.2) is 0 Å². The predicted molar refractivity (Wildman–Crippen MR) is 113 cm³/mol. The number of methoxy groups -OCH3 is 1. The second-order valence-corrected chi connectivity index (χ2v) is 9.17. The first-order valence-corrected chi connectivity index (χ1v) is 11.6. The molecule has 1 N–H and O–H groups in total. The molecule has 0 aromatic carbocycles. The molecule has 33 heavy (non-hydrogen) atoms. The van der Waals surface area contributed by atoms with E-state index >= 15 is 0 Å². The van der Waals surface area contributed by atoms with Crippen LogP contribution in [0.3, 0.4) is 0 Å². The number of amides is 1. The minimum Gasteiger partial charge on any atom is -0.395 e. The lowest BCUT2D eigenvalue weighted by molar-refractivity contribution is -0.138. The summed E-state index contributed by atoms with van der Waals surface area (Å²) in [6, 6.07) is 1.41. The Bertz CT molecular complexity index is 838. The predicted octanol–water partition coefficient (Wildman–Crippen LogP) is 2.25. The van der Waals surface area contributed by atoms with E-state index in [-0.39, 0.29) is 43.2 Å². The van der Waals surface area contributed by atoms with Gasteiger partial charge in [0.2, 0.25) is 5.91 Å². The fourth-order valence-corrected chi connectivity index (χ4v) is 5.55. The number of fused-ring (bicyclic) bond motifs is 1. The van der Waals surface area contributed by atoms with Gasteiger partial charge in [-0.3, -0.25) is 14.7 Å². The van der Waals surface area contributed by atoms with Crippen molar-refractivity contribution in [2.24, 2.45) is 5.92 Å². The number of aliphatic hydroxyl groups is 1. The van der Waals surface area contributed by atoms with E-state index in [1.165, 1.54) is 0 Å². The van der Waals surface area contributed by atoms with Gasteiger partial charge in [-0.2, -0.15) is 13.2 Å². The first kappa shape index (κ1) is 24.4. The number of pyridine rings is 1. The molecule has 1 aliphatic carbocycles. The van der Waals surface area contributed by atoms with Crippen LogP contribution in [-0.4, -0.2) is 84.0 Å². The molecule has 1 saturated carbocycles.